The van der Waals surface area contributed by atoms with Crippen LogP contribution in [-0.4, -0.2) is 41.1 Å². The minimum atomic E-state index is -0.486. The van der Waals surface area contributed by atoms with E-state index >= 15 is 0 Å². The number of allylic oxidation sites excluding steroid dienone is 1. The Morgan fingerprint density at radius 3 is 2.62 bits per heavy atom. The van der Waals surface area contributed by atoms with Gasteiger partial charge in [-0.25, -0.2) is 9.48 Å². The summed E-state index contributed by atoms with van der Waals surface area (Å²) in [5, 5.41) is 7.40. The molecule has 1 aromatic carbocycles. The van der Waals surface area contributed by atoms with Crippen molar-refractivity contribution in [3.63, 3.8) is 0 Å². The van der Waals surface area contributed by atoms with Crippen LogP contribution in [0.4, 0.5) is 5.95 Å². The quantitative estimate of drug-likeness (QED) is 0.822. The molecule has 0 aliphatic carbocycles. The Labute approximate surface area is 151 Å². The summed E-state index contributed by atoms with van der Waals surface area (Å²) < 4.78 is 17.8. The first-order valence-electron chi connectivity index (χ1n) is 8.26. The number of hydrogen-bond acceptors (Lipinski definition) is 7. The van der Waals surface area contributed by atoms with Crippen molar-refractivity contribution in [2.45, 2.75) is 32.9 Å². The molecule has 1 aliphatic heterocycles. The Balaban J connectivity index is 2.13. The maximum absolute atomic E-state index is 12.8. The van der Waals surface area contributed by atoms with Crippen LogP contribution in [0.5, 0.6) is 11.5 Å². The molecular weight excluding hydrogens is 336 g/mol. The second-order valence-electron chi connectivity index (χ2n) is 6.16. The van der Waals surface area contributed by atoms with Gasteiger partial charge < -0.3 is 19.5 Å². The minimum absolute atomic E-state index is 0.231. The largest absolute Gasteiger partial charge is 0.493 e. The van der Waals surface area contributed by atoms with Gasteiger partial charge in [-0.1, -0.05) is 6.07 Å². The second-order valence-corrected chi connectivity index (χ2v) is 6.16. The molecule has 8 nitrogen and oxygen atoms in total. The summed E-state index contributed by atoms with van der Waals surface area (Å²) in [4.78, 5) is 17.0. The van der Waals surface area contributed by atoms with Crippen LogP contribution in [0.1, 0.15) is 32.4 Å². The van der Waals surface area contributed by atoms with E-state index in [-0.39, 0.29) is 6.10 Å². The summed E-state index contributed by atoms with van der Waals surface area (Å²) >= 11 is 0. The van der Waals surface area contributed by atoms with Crippen LogP contribution in [-0.2, 0) is 9.53 Å². The molecule has 2 aromatic rings. The van der Waals surface area contributed by atoms with E-state index in [2.05, 4.69) is 15.4 Å². The fourth-order valence-corrected chi connectivity index (χ4v) is 2.96. The average Bonchev–Trinajstić information content (AvgIpc) is 3.07. The standard InChI is InChI=1S/C18H22N4O4/c1-10(2)26-17(23)15-11(3)21-18-19-9-20-22(18)16(15)12-6-7-13(24-4)14(8-12)25-5/h6-10,16H,1-5H3,(H,19,20,21). The molecule has 0 radical (unpaired) electrons. The maximum atomic E-state index is 12.8. The number of nitrogens with one attached hydrogen (secondary N) is 1. The molecule has 0 fully saturated rings. The van der Waals surface area contributed by atoms with Crippen molar-refractivity contribution in [3.8, 4) is 11.5 Å². The zero-order chi connectivity index (χ0) is 18.8. The first-order valence-corrected chi connectivity index (χ1v) is 8.26. The molecule has 1 aliphatic rings. The van der Waals surface area contributed by atoms with E-state index in [1.807, 2.05) is 32.9 Å². The number of hydrogen-bond donors (Lipinski definition) is 1. The normalized spacial score (nSPS) is 16.2. The van der Waals surface area contributed by atoms with E-state index in [0.29, 0.717) is 28.7 Å². The van der Waals surface area contributed by atoms with Gasteiger partial charge in [0.25, 0.3) is 0 Å². The van der Waals surface area contributed by atoms with Gasteiger partial charge in [0.2, 0.25) is 5.95 Å². The van der Waals surface area contributed by atoms with Crippen LogP contribution >= 0.6 is 0 Å². The summed E-state index contributed by atoms with van der Waals surface area (Å²) in [5.74, 6) is 1.34. The molecule has 3 rings (SSSR count). The van der Waals surface area contributed by atoms with Gasteiger partial charge in [0.05, 0.1) is 25.9 Å². The molecule has 1 aromatic heterocycles. The molecule has 1 unspecified atom stereocenters. The van der Waals surface area contributed by atoms with Gasteiger partial charge in [0, 0.05) is 5.70 Å². The molecule has 0 bridgehead atoms. The lowest BCUT2D eigenvalue weighted by atomic mass is 9.95. The average molecular weight is 358 g/mol. The third-order valence-electron chi connectivity index (χ3n) is 4.08. The highest BCUT2D eigenvalue weighted by molar-refractivity contribution is 5.92. The van der Waals surface area contributed by atoms with E-state index in [4.69, 9.17) is 14.2 Å². The van der Waals surface area contributed by atoms with Crippen LogP contribution < -0.4 is 14.8 Å². The van der Waals surface area contributed by atoms with Gasteiger partial charge >= 0.3 is 5.97 Å². The summed E-state index contributed by atoms with van der Waals surface area (Å²) in [6.07, 6.45) is 1.21. The molecule has 1 atom stereocenters. The van der Waals surface area contributed by atoms with E-state index in [9.17, 15) is 4.79 Å². The van der Waals surface area contributed by atoms with E-state index in [1.54, 1.807) is 25.0 Å². The topological polar surface area (TPSA) is 87.5 Å². The fourth-order valence-electron chi connectivity index (χ4n) is 2.96. The lowest BCUT2D eigenvalue weighted by molar-refractivity contribution is -0.143. The van der Waals surface area contributed by atoms with Gasteiger partial charge in [-0.2, -0.15) is 10.1 Å². The maximum Gasteiger partial charge on any atom is 0.338 e. The number of fused-ring (bicyclic) bond motifs is 1. The first-order chi connectivity index (χ1) is 12.5. The van der Waals surface area contributed by atoms with Gasteiger partial charge in [-0.05, 0) is 38.5 Å². The van der Waals surface area contributed by atoms with Crippen molar-refractivity contribution in [2.75, 3.05) is 19.5 Å². The third-order valence-corrected chi connectivity index (χ3v) is 4.08. The third kappa shape index (κ3) is 3.10. The van der Waals surface area contributed by atoms with Gasteiger partial charge in [0.15, 0.2) is 11.5 Å². The molecule has 26 heavy (non-hydrogen) atoms. The number of methoxy groups -OCH3 is 2. The number of aromatic nitrogens is 3. The highest BCUT2D eigenvalue weighted by Gasteiger charge is 2.35. The van der Waals surface area contributed by atoms with E-state index in [0.717, 1.165) is 5.56 Å². The summed E-state index contributed by atoms with van der Waals surface area (Å²) in [7, 11) is 3.15. The monoisotopic (exact) mass is 358 g/mol. The Bertz CT molecular complexity index is 857. The van der Waals surface area contributed by atoms with Crippen molar-refractivity contribution in [2.24, 2.45) is 0 Å². The highest BCUT2D eigenvalue weighted by atomic mass is 16.5. The number of carbonyl (C=O) groups excluding carboxylic acids is 1. The minimum Gasteiger partial charge on any atom is -0.493 e. The molecule has 8 heteroatoms. The SMILES string of the molecule is COc1ccc(C2C(C(=O)OC(C)C)=C(C)Nc3ncnn32)cc1OC. The number of ether oxygens (including phenoxy) is 3. The van der Waals surface area contributed by atoms with Crippen molar-refractivity contribution in [1.82, 2.24) is 14.8 Å². The predicted octanol–water partition coefficient (Wildman–Crippen LogP) is 2.54. The van der Waals surface area contributed by atoms with Crippen molar-refractivity contribution in [1.29, 1.82) is 0 Å². The zero-order valence-electron chi connectivity index (χ0n) is 15.4. The van der Waals surface area contributed by atoms with Gasteiger partial charge in [-0.3, -0.25) is 0 Å². The number of carbonyl (C=O) groups is 1. The summed E-state index contributed by atoms with van der Waals surface area (Å²) in [6.45, 7) is 5.45. The second kappa shape index (κ2) is 7.07. The Kier molecular flexibility index (Phi) is 4.83. The lowest BCUT2D eigenvalue weighted by Gasteiger charge is -2.29. The van der Waals surface area contributed by atoms with Crippen LogP contribution in [0.3, 0.4) is 0 Å². The van der Waals surface area contributed by atoms with Crippen molar-refractivity contribution in [3.05, 3.63) is 41.4 Å². The highest BCUT2D eigenvalue weighted by Crippen LogP contribution is 2.38. The van der Waals surface area contributed by atoms with Crippen molar-refractivity contribution >= 4 is 11.9 Å². The van der Waals surface area contributed by atoms with E-state index < -0.39 is 12.0 Å². The molecule has 0 amide bonds. The molecule has 138 valence electrons. The molecular formula is C18H22N4O4. The number of benzene rings is 1. The summed E-state index contributed by atoms with van der Waals surface area (Å²) in [6, 6.07) is 5.02. The lowest BCUT2D eigenvalue weighted by Crippen LogP contribution is -2.30. The molecule has 1 N–H and O–H groups in total. The Hall–Kier alpha value is -3.03. The fraction of sp³-hybridized carbons (Fsp3) is 0.389. The number of nitrogens with zero attached hydrogens (tertiary/aromatic N) is 3. The number of anilines is 1. The van der Waals surface area contributed by atoms with Crippen LogP contribution in [0.25, 0.3) is 0 Å². The molecule has 0 saturated carbocycles. The Morgan fingerprint density at radius 2 is 1.96 bits per heavy atom. The van der Waals surface area contributed by atoms with Crippen LogP contribution in [0.15, 0.2) is 35.8 Å². The molecule has 2 heterocycles. The smallest absolute Gasteiger partial charge is 0.338 e. The van der Waals surface area contributed by atoms with Crippen LogP contribution in [0, 0.1) is 0 Å². The first kappa shape index (κ1) is 17.8. The summed E-state index contributed by atoms with van der Waals surface area (Å²) in [5.41, 5.74) is 1.96. The molecule has 0 spiro atoms. The Morgan fingerprint density at radius 1 is 1.23 bits per heavy atom. The zero-order valence-corrected chi connectivity index (χ0v) is 15.4. The number of esters is 1. The predicted molar refractivity (Wildman–Crippen MR) is 95.3 cm³/mol. The van der Waals surface area contributed by atoms with Gasteiger partial charge in [-0.15, -0.1) is 0 Å². The van der Waals surface area contributed by atoms with Gasteiger partial charge in [0.1, 0.15) is 12.4 Å². The van der Waals surface area contributed by atoms with E-state index in [1.165, 1.54) is 6.33 Å². The number of rotatable bonds is 5. The van der Waals surface area contributed by atoms with Crippen molar-refractivity contribution < 1.29 is 19.0 Å². The molecule has 0 saturated heterocycles. The van der Waals surface area contributed by atoms with Crippen LogP contribution in [0.2, 0.25) is 0 Å².